The minimum Gasteiger partial charge on any atom is -0.348 e. The van der Waals surface area contributed by atoms with Gasteiger partial charge in [0.05, 0.1) is 19.8 Å². The van der Waals surface area contributed by atoms with Crippen molar-refractivity contribution in [1.29, 1.82) is 0 Å². The third-order valence-electron chi connectivity index (χ3n) is 2.02. The summed E-state index contributed by atoms with van der Waals surface area (Å²) >= 11 is 0. The van der Waals surface area contributed by atoms with E-state index in [9.17, 15) is 0 Å². The molecular weight excluding hydrogens is 156 g/mol. The minimum atomic E-state index is -0.564. The Morgan fingerprint density at radius 2 is 2.17 bits per heavy atom. The van der Waals surface area contributed by atoms with Crippen molar-refractivity contribution in [3.63, 3.8) is 0 Å². The molecule has 0 aromatic rings. The highest BCUT2D eigenvalue weighted by Gasteiger charge is 2.37. The average molecular weight is 168 g/mol. The lowest BCUT2D eigenvalue weighted by Gasteiger charge is -2.30. The van der Waals surface area contributed by atoms with Gasteiger partial charge >= 0.3 is 0 Å². The lowest BCUT2D eigenvalue weighted by molar-refractivity contribution is -0.0784. The van der Waals surface area contributed by atoms with E-state index in [2.05, 4.69) is 4.99 Å². The number of allylic oxidation sites excluding steroid dienone is 1. The number of dihydropyridines is 1. The summed E-state index contributed by atoms with van der Waals surface area (Å²) in [7, 11) is 0. The van der Waals surface area contributed by atoms with Gasteiger partial charge in [-0.25, -0.2) is 0 Å². The number of nitrogens with two attached hydrogens (primary N) is 1. The Morgan fingerprint density at radius 3 is 2.75 bits per heavy atom. The van der Waals surface area contributed by atoms with Crippen LogP contribution in [0.5, 0.6) is 0 Å². The summed E-state index contributed by atoms with van der Waals surface area (Å²) in [5, 5.41) is 0. The second-order valence-electron chi connectivity index (χ2n) is 3.03. The standard InChI is InChI=1S/C8H12N2O2/c9-8(2-1-3-10-6-8)7-11-4-5-12-7/h1-3,7H,4-6,9H2. The fourth-order valence-corrected chi connectivity index (χ4v) is 1.37. The monoisotopic (exact) mass is 168 g/mol. The fraction of sp³-hybridized carbons (Fsp3) is 0.625. The maximum Gasteiger partial charge on any atom is 0.181 e. The molecule has 0 spiro atoms. The first kappa shape index (κ1) is 7.91. The van der Waals surface area contributed by atoms with E-state index in [-0.39, 0.29) is 6.29 Å². The summed E-state index contributed by atoms with van der Waals surface area (Å²) in [4.78, 5) is 4.08. The Labute approximate surface area is 71.1 Å². The second kappa shape index (κ2) is 2.97. The maximum atomic E-state index is 6.01. The lowest BCUT2D eigenvalue weighted by Crippen LogP contribution is -2.53. The summed E-state index contributed by atoms with van der Waals surface area (Å²) in [5.74, 6) is 0. The molecule has 0 radical (unpaired) electrons. The van der Waals surface area contributed by atoms with Crippen LogP contribution in [0.25, 0.3) is 0 Å². The number of nitrogens with zero attached hydrogens (tertiary/aromatic N) is 1. The highest BCUT2D eigenvalue weighted by molar-refractivity contribution is 5.72. The van der Waals surface area contributed by atoms with Gasteiger partial charge in [0, 0.05) is 6.21 Å². The molecule has 0 aromatic carbocycles. The van der Waals surface area contributed by atoms with Crippen LogP contribution in [0.4, 0.5) is 0 Å². The predicted molar refractivity (Wildman–Crippen MR) is 45.1 cm³/mol. The van der Waals surface area contributed by atoms with Crippen LogP contribution in [0.15, 0.2) is 17.1 Å². The van der Waals surface area contributed by atoms with Gasteiger partial charge in [-0.05, 0) is 6.08 Å². The van der Waals surface area contributed by atoms with Crippen LogP contribution < -0.4 is 5.73 Å². The van der Waals surface area contributed by atoms with E-state index < -0.39 is 5.54 Å². The van der Waals surface area contributed by atoms with Crippen molar-refractivity contribution < 1.29 is 9.47 Å². The molecule has 66 valence electrons. The molecule has 0 saturated carbocycles. The van der Waals surface area contributed by atoms with Crippen molar-refractivity contribution in [2.45, 2.75) is 11.8 Å². The highest BCUT2D eigenvalue weighted by Crippen LogP contribution is 2.20. The van der Waals surface area contributed by atoms with E-state index in [0.717, 1.165) is 0 Å². The van der Waals surface area contributed by atoms with Crippen molar-refractivity contribution >= 4 is 6.21 Å². The number of rotatable bonds is 1. The molecule has 2 aliphatic heterocycles. The van der Waals surface area contributed by atoms with Crippen molar-refractivity contribution in [2.75, 3.05) is 19.8 Å². The van der Waals surface area contributed by atoms with Gasteiger partial charge in [0.15, 0.2) is 6.29 Å². The van der Waals surface area contributed by atoms with Crippen molar-refractivity contribution in [3.05, 3.63) is 12.2 Å². The quantitative estimate of drug-likeness (QED) is 0.584. The van der Waals surface area contributed by atoms with Gasteiger partial charge in [0.2, 0.25) is 0 Å². The minimum absolute atomic E-state index is 0.328. The third kappa shape index (κ3) is 1.29. The Morgan fingerprint density at radius 1 is 1.42 bits per heavy atom. The first-order valence-corrected chi connectivity index (χ1v) is 4.01. The summed E-state index contributed by atoms with van der Waals surface area (Å²) in [6.07, 6.45) is 5.12. The molecule has 1 unspecified atom stereocenters. The summed E-state index contributed by atoms with van der Waals surface area (Å²) in [5.41, 5.74) is 5.45. The zero-order valence-corrected chi connectivity index (χ0v) is 6.77. The van der Waals surface area contributed by atoms with Gasteiger partial charge in [-0.3, -0.25) is 4.99 Å². The Kier molecular flexibility index (Phi) is 1.96. The molecule has 2 heterocycles. The lowest BCUT2D eigenvalue weighted by atomic mass is 9.98. The molecule has 2 N–H and O–H groups in total. The Hall–Kier alpha value is -0.710. The first-order valence-electron chi connectivity index (χ1n) is 4.01. The van der Waals surface area contributed by atoms with Crippen LogP contribution in [0, 0.1) is 0 Å². The first-order chi connectivity index (χ1) is 5.81. The number of hydrogen-bond donors (Lipinski definition) is 1. The van der Waals surface area contributed by atoms with E-state index in [0.29, 0.717) is 19.8 Å². The van der Waals surface area contributed by atoms with E-state index in [1.165, 1.54) is 0 Å². The highest BCUT2D eigenvalue weighted by atomic mass is 16.7. The molecule has 2 rings (SSSR count). The normalized spacial score (nSPS) is 36.1. The molecule has 1 saturated heterocycles. The topological polar surface area (TPSA) is 56.8 Å². The van der Waals surface area contributed by atoms with Crippen LogP contribution in [-0.4, -0.2) is 37.8 Å². The summed E-state index contributed by atoms with van der Waals surface area (Å²) in [6, 6.07) is 0. The summed E-state index contributed by atoms with van der Waals surface area (Å²) < 4.78 is 10.6. The molecule has 1 atom stereocenters. The molecule has 4 heteroatoms. The molecule has 0 amide bonds. The van der Waals surface area contributed by atoms with Gasteiger partial charge in [0.25, 0.3) is 0 Å². The van der Waals surface area contributed by atoms with Crippen LogP contribution in [-0.2, 0) is 9.47 Å². The SMILES string of the molecule is NC1(C2OCCO2)C=CC=NC1. The van der Waals surface area contributed by atoms with Gasteiger partial charge < -0.3 is 15.2 Å². The van der Waals surface area contributed by atoms with Gasteiger partial charge in [-0.15, -0.1) is 0 Å². The maximum absolute atomic E-state index is 6.01. The van der Waals surface area contributed by atoms with Gasteiger partial charge in [-0.2, -0.15) is 0 Å². The number of ether oxygens (including phenoxy) is 2. The second-order valence-corrected chi connectivity index (χ2v) is 3.03. The van der Waals surface area contributed by atoms with Gasteiger partial charge in [-0.1, -0.05) is 6.08 Å². The fourth-order valence-electron chi connectivity index (χ4n) is 1.37. The molecule has 0 bridgehead atoms. The van der Waals surface area contributed by atoms with Crippen molar-refractivity contribution in [1.82, 2.24) is 0 Å². The van der Waals surface area contributed by atoms with E-state index in [1.54, 1.807) is 6.21 Å². The molecule has 1 fully saturated rings. The zero-order chi connectivity index (χ0) is 8.44. The predicted octanol–water partition coefficient (Wildman–Crippen LogP) is -0.303. The molecule has 2 aliphatic rings. The Balaban J connectivity index is 2.09. The van der Waals surface area contributed by atoms with Crippen LogP contribution >= 0.6 is 0 Å². The summed E-state index contributed by atoms with van der Waals surface area (Å²) in [6.45, 7) is 1.79. The molecule has 12 heavy (non-hydrogen) atoms. The molecular formula is C8H12N2O2. The molecule has 4 nitrogen and oxygen atoms in total. The van der Waals surface area contributed by atoms with Crippen LogP contribution in [0.3, 0.4) is 0 Å². The van der Waals surface area contributed by atoms with Crippen molar-refractivity contribution in [2.24, 2.45) is 10.7 Å². The third-order valence-corrected chi connectivity index (χ3v) is 2.02. The van der Waals surface area contributed by atoms with E-state index >= 15 is 0 Å². The van der Waals surface area contributed by atoms with Crippen LogP contribution in [0.1, 0.15) is 0 Å². The zero-order valence-electron chi connectivity index (χ0n) is 6.77. The average Bonchev–Trinajstić information content (AvgIpc) is 2.58. The molecule has 0 aromatic heterocycles. The number of aliphatic imine (C=N–C) groups is 1. The number of hydrogen-bond acceptors (Lipinski definition) is 4. The Bertz CT molecular complexity index is 221. The van der Waals surface area contributed by atoms with E-state index in [1.807, 2.05) is 12.2 Å². The molecule has 0 aliphatic carbocycles. The largest absolute Gasteiger partial charge is 0.348 e. The smallest absolute Gasteiger partial charge is 0.181 e. The van der Waals surface area contributed by atoms with Crippen LogP contribution in [0.2, 0.25) is 0 Å². The van der Waals surface area contributed by atoms with Crippen molar-refractivity contribution in [3.8, 4) is 0 Å². The van der Waals surface area contributed by atoms with E-state index in [4.69, 9.17) is 15.2 Å². The van der Waals surface area contributed by atoms with Gasteiger partial charge in [0.1, 0.15) is 5.54 Å².